The fraction of sp³-hybridized carbons (Fsp3) is 0.381. The minimum absolute atomic E-state index is 0.00235. The lowest BCUT2D eigenvalue weighted by Gasteiger charge is -2.22. The molecule has 0 aromatic carbocycles. The molecule has 30 heavy (non-hydrogen) atoms. The Hall–Kier alpha value is -3.49. The summed E-state index contributed by atoms with van der Waals surface area (Å²) in [6, 6.07) is 5.66. The number of hydrogen-bond donors (Lipinski definition) is 1. The normalized spacial score (nSPS) is 21.3. The van der Waals surface area contributed by atoms with Crippen molar-refractivity contribution in [1.82, 2.24) is 29.6 Å². The van der Waals surface area contributed by atoms with E-state index >= 15 is 0 Å². The van der Waals surface area contributed by atoms with Crippen molar-refractivity contribution in [2.45, 2.75) is 18.9 Å². The van der Waals surface area contributed by atoms with Gasteiger partial charge < -0.3 is 15.1 Å². The second-order valence-electron chi connectivity index (χ2n) is 7.81. The maximum atomic E-state index is 13.0. The van der Waals surface area contributed by atoms with Gasteiger partial charge in [-0.15, -0.1) is 0 Å². The van der Waals surface area contributed by atoms with Gasteiger partial charge in [-0.25, -0.2) is 9.97 Å². The predicted molar refractivity (Wildman–Crippen MR) is 110 cm³/mol. The van der Waals surface area contributed by atoms with Crippen LogP contribution in [-0.2, 0) is 4.79 Å². The summed E-state index contributed by atoms with van der Waals surface area (Å²) in [6.45, 7) is 2.82. The van der Waals surface area contributed by atoms with E-state index in [0.717, 1.165) is 31.6 Å². The average Bonchev–Trinajstić information content (AvgIpc) is 3.53. The number of aromatic nitrogens is 4. The summed E-state index contributed by atoms with van der Waals surface area (Å²) in [4.78, 5) is 42.2. The van der Waals surface area contributed by atoms with E-state index in [1.165, 1.54) is 6.20 Å². The van der Waals surface area contributed by atoms with Crippen LogP contribution in [0.25, 0.3) is 5.78 Å². The van der Waals surface area contributed by atoms with Crippen molar-refractivity contribution in [3.63, 3.8) is 0 Å². The van der Waals surface area contributed by atoms with Crippen molar-refractivity contribution in [2.75, 3.05) is 31.1 Å². The molecule has 5 heterocycles. The molecule has 3 aromatic rings. The summed E-state index contributed by atoms with van der Waals surface area (Å²) in [5, 5.41) is 3.04. The monoisotopic (exact) mass is 405 g/mol. The minimum Gasteiger partial charge on any atom is -0.371 e. The fourth-order valence-electron chi connectivity index (χ4n) is 4.34. The highest BCUT2D eigenvalue weighted by molar-refractivity contribution is 5.93. The van der Waals surface area contributed by atoms with Gasteiger partial charge in [0.2, 0.25) is 11.7 Å². The van der Waals surface area contributed by atoms with Crippen LogP contribution in [0.3, 0.4) is 0 Å². The van der Waals surface area contributed by atoms with Crippen molar-refractivity contribution >= 4 is 23.3 Å². The van der Waals surface area contributed by atoms with Gasteiger partial charge in [0.05, 0.1) is 12.1 Å². The molecule has 2 unspecified atom stereocenters. The van der Waals surface area contributed by atoms with Gasteiger partial charge in [-0.05, 0) is 31.0 Å². The van der Waals surface area contributed by atoms with Crippen molar-refractivity contribution < 1.29 is 9.59 Å². The molecule has 2 fully saturated rings. The first kappa shape index (κ1) is 18.5. The number of nitrogens with one attached hydrogen (secondary N) is 1. The quantitative estimate of drug-likeness (QED) is 0.695. The molecule has 9 nitrogen and oxygen atoms in total. The number of carbonyl (C=O) groups excluding carboxylic acids is 2. The third-order valence-electron chi connectivity index (χ3n) is 5.92. The lowest BCUT2D eigenvalue weighted by atomic mass is 10.1. The van der Waals surface area contributed by atoms with Crippen LogP contribution in [-0.4, -0.2) is 68.3 Å². The van der Waals surface area contributed by atoms with Crippen LogP contribution in [0.15, 0.2) is 49.2 Å². The number of nitrogens with zero attached hydrogens (tertiary/aromatic N) is 6. The molecular formula is C21H23N7O2. The number of rotatable bonds is 4. The standard InChI is InChI=1S/C21H23N7O2/c29-19(18-12-24-21-23-6-1-9-28(18)21)25-16-5-11-27(14-16)20(30)15-4-10-26(13-15)17-2-7-22-8-3-17/h1-3,6-9,12,15-16H,4-5,10-11,13-14H2,(H,25,29). The number of anilines is 1. The van der Waals surface area contributed by atoms with E-state index in [4.69, 9.17) is 0 Å². The Morgan fingerprint density at radius 3 is 2.77 bits per heavy atom. The zero-order valence-electron chi connectivity index (χ0n) is 16.5. The van der Waals surface area contributed by atoms with Gasteiger partial charge in [-0.1, -0.05) is 0 Å². The summed E-state index contributed by atoms with van der Waals surface area (Å²) >= 11 is 0. The Balaban J connectivity index is 1.18. The van der Waals surface area contributed by atoms with Crippen molar-refractivity contribution in [1.29, 1.82) is 0 Å². The number of hydrogen-bond acceptors (Lipinski definition) is 6. The van der Waals surface area contributed by atoms with Gasteiger partial charge in [0, 0.05) is 62.7 Å². The topological polar surface area (TPSA) is 95.7 Å². The first-order valence-corrected chi connectivity index (χ1v) is 10.2. The molecule has 2 aliphatic heterocycles. The van der Waals surface area contributed by atoms with E-state index in [2.05, 4.69) is 25.2 Å². The van der Waals surface area contributed by atoms with E-state index in [-0.39, 0.29) is 23.8 Å². The van der Waals surface area contributed by atoms with Gasteiger partial charge in [0.15, 0.2) is 0 Å². The molecule has 0 saturated carbocycles. The lowest BCUT2D eigenvalue weighted by Crippen LogP contribution is -2.41. The molecule has 1 N–H and O–H groups in total. The molecule has 3 aromatic heterocycles. The second kappa shape index (κ2) is 7.74. The molecule has 2 aliphatic rings. The highest BCUT2D eigenvalue weighted by Gasteiger charge is 2.35. The van der Waals surface area contributed by atoms with Crippen molar-refractivity contribution in [2.24, 2.45) is 5.92 Å². The van der Waals surface area contributed by atoms with Crippen LogP contribution in [0.4, 0.5) is 5.69 Å². The summed E-state index contributed by atoms with van der Waals surface area (Å²) in [7, 11) is 0. The molecule has 0 aliphatic carbocycles. The minimum atomic E-state index is -0.195. The van der Waals surface area contributed by atoms with E-state index < -0.39 is 0 Å². The molecule has 9 heteroatoms. The van der Waals surface area contributed by atoms with Crippen LogP contribution in [0.1, 0.15) is 23.3 Å². The van der Waals surface area contributed by atoms with Crippen LogP contribution in [0.5, 0.6) is 0 Å². The first-order valence-electron chi connectivity index (χ1n) is 10.2. The Morgan fingerprint density at radius 2 is 1.90 bits per heavy atom. The summed E-state index contributed by atoms with van der Waals surface area (Å²) in [6.07, 6.45) is 10.1. The van der Waals surface area contributed by atoms with E-state index in [1.54, 1.807) is 35.3 Å². The highest BCUT2D eigenvalue weighted by Crippen LogP contribution is 2.26. The summed E-state index contributed by atoms with van der Waals surface area (Å²) in [5.41, 5.74) is 1.56. The Labute approximate surface area is 173 Å². The summed E-state index contributed by atoms with van der Waals surface area (Å²) < 4.78 is 1.67. The number of pyridine rings is 1. The molecule has 154 valence electrons. The number of fused-ring (bicyclic) bond motifs is 1. The van der Waals surface area contributed by atoms with Crippen molar-refractivity contribution in [3.8, 4) is 0 Å². The van der Waals surface area contributed by atoms with Gasteiger partial charge in [0.25, 0.3) is 5.91 Å². The van der Waals surface area contributed by atoms with Crippen LogP contribution < -0.4 is 10.2 Å². The molecule has 2 amide bonds. The molecular weight excluding hydrogens is 382 g/mol. The number of imidazole rings is 1. The fourth-order valence-corrected chi connectivity index (χ4v) is 4.34. The molecule has 0 bridgehead atoms. The lowest BCUT2D eigenvalue weighted by molar-refractivity contribution is -0.133. The van der Waals surface area contributed by atoms with Crippen LogP contribution >= 0.6 is 0 Å². The van der Waals surface area contributed by atoms with Crippen LogP contribution in [0.2, 0.25) is 0 Å². The highest BCUT2D eigenvalue weighted by atomic mass is 16.2. The predicted octanol–water partition coefficient (Wildman–Crippen LogP) is 0.981. The number of amides is 2. The average molecular weight is 405 g/mol. The third kappa shape index (κ3) is 3.47. The van der Waals surface area contributed by atoms with Gasteiger partial charge in [0.1, 0.15) is 5.69 Å². The largest absolute Gasteiger partial charge is 0.371 e. The Bertz CT molecular complexity index is 1070. The summed E-state index contributed by atoms with van der Waals surface area (Å²) in [5.74, 6) is 0.477. The Kier molecular flexibility index (Phi) is 4.78. The van der Waals surface area contributed by atoms with Crippen molar-refractivity contribution in [3.05, 3.63) is 54.9 Å². The zero-order valence-corrected chi connectivity index (χ0v) is 16.5. The maximum Gasteiger partial charge on any atom is 0.270 e. The molecule has 2 atom stereocenters. The third-order valence-corrected chi connectivity index (χ3v) is 5.92. The van der Waals surface area contributed by atoms with E-state index in [0.29, 0.717) is 24.6 Å². The van der Waals surface area contributed by atoms with Gasteiger partial charge >= 0.3 is 0 Å². The molecule has 0 spiro atoms. The maximum absolute atomic E-state index is 13.0. The second-order valence-corrected chi connectivity index (χ2v) is 7.81. The Morgan fingerprint density at radius 1 is 1.03 bits per heavy atom. The van der Waals surface area contributed by atoms with Crippen LogP contribution in [0, 0.1) is 5.92 Å². The molecule has 2 saturated heterocycles. The number of carbonyl (C=O) groups is 2. The molecule has 5 rings (SSSR count). The first-order chi connectivity index (χ1) is 14.7. The van der Waals surface area contributed by atoms with E-state index in [9.17, 15) is 9.59 Å². The van der Waals surface area contributed by atoms with E-state index in [1.807, 2.05) is 17.0 Å². The van der Waals surface area contributed by atoms with Gasteiger partial charge in [-0.2, -0.15) is 0 Å². The smallest absolute Gasteiger partial charge is 0.270 e. The molecule has 0 radical (unpaired) electrons. The zero-order chi connectivity index (χ0) is 20.5. The van der Waals surface area contributed by atoms with Gasteiger partial charge in [-0.3, -0.25) is 19.0 Å². The number of likely N-dealkylation sites (tertiary alicyclic amines) is 1. The SMILES string of the molecule is O=C(NC1CCN(C(=O)C2CCN(c3ccncc3)C2)C1)c1cnc2ncccn12.